The van der Waals surface area contributed by atoms with Crippen LogP contribution in [0.25, 0.3) is 10.9 Å². The van der Waals surface area contributed by atoms with Gasteiger partial charge in [-0.2, -0.15) is 0 Å². The highest BCUT2D eigenvalue weighted by atomic mass is 16.1. The molecule has 0 radical (unpaired) electrons. The second kappa shape index (κ2) is 10.5. The van der Waals surface area contributed by atoms with Crippen LogP contribution in [0.15, 0.2) is 53.3 Å². The zero-order valence-electron chi connectivity index (χ0n) is 20.7. The molecule has 5 rings (SSSR count). The van der Waals surface area contributed by atoms with Crippen molar-refractivity contribution in [2.75, 3.05) is 0 Å². The SMILES string of the molecule is CCc1ccc2[nH]c(=O)c(CN(Cc3ccc(C)cc3)Cc3nnnn3C3CCCCC3)cc2c1. The Bertz CT molecular complexity index is 1330. The molecule has 0 bridgehead atoms. The minimum atomic E-state index is -0.0393. The Balaban J connectivity index is 1.45. The van der Waals surface area contributed by atoms with Crippen molar-refractivity contribution in [1.82, 2.24) is 30.1 Å². The van der Waals surface area contributed by atoms with E-state index in [9.17, 15) is 4.79 Å². The van der Waals surface area contributed by atoms with E-state index >= 15 is 0 Å². The van der Waals surface area contributed by atoms with Crippen LogP contribution in [0.4, 0.5) is 0 Å². The summed E-state index contributed by atoms with van der Waals surface area (Å²) in [5.41, 5.74) is 5.30. The number of aromatic amines is 1. The molecule has 7 heteroatoms. The van der Waals surface area contributed by atoms with Crippen molar-refractivity contribution in [3.8, 4) is 0 Å². The molecule has 0 atom stereocenters. The lowest BCUT2D eigenvalue weighted by Crippen LogP contribution is -2.29. The molecular formula is C28H34N6O. The minimum absolute atomic E-state index is 0.0393. The Morgan fingerprint density at radius 1 is 0.971 bits per heavy atom. The molecule has 1 aliphatic rings. The van der Waals surface area contributed by atoms with E-state index in [4.69, 9.17) is 0 Å². The van der Waals surface area contributed by atoms with E-state index in [0.717, 1.165) is 41.6 Å². The van der Waals surface area contributed by atoms with Gasteiger partial charge in [0.05, 0.1) is 12.6 Å². The van der Waals surface area contributed by atoms with E-state index in [1.165, 1.54) is 36.0 Å². The summed E-state index contributed by atoms with van der Waals surface area (Å²) in [6, 6.07) is 17.2. The van der Waals surface area contributed by atoms with Gasteiger partial charge in [-0.3, -0.25) is 9.69 Å². The van der Waals surface area contributed by atoms with E-state index in [1.807, 2.05) is 16.8 Å². The lowest BCUT2D eigenvalue weighted by atomic mass is 9.95. The Hall–Kier alpha value is -3.32. The van der Waals surface area contributed by atoms with E-state index in [2.05, 4.69) is 75.7 Å². The van der Waals surface area contributed by atoms with Crippen LogP contribution in [-0.2, 0) is 26.1 Å². The maximum absolute atomic E-state index is 13.0. The molecule has 7 nitrogen and oxygen atoms in total. The molecule has 0 saturated heterocycles. The predicted molar refractivity (Wildman–Crippen MR) is 138 cm³/mol. The molecule has 1 saturated carbocycles. The lowest BCUT2D eigenvalue weighted by Gasteiger charge is -2.25. The number of nitrogens with one attached hydrogen (secondary N) is 1. The lowest BCUT2D eigenvalue weighted by molar-refractivity contribution is 0.225. The van der Waals surface area contributed by atoms with Gasteiger partial charge >= 0.3 is 0 Å². The zero-order chi connectivity index (χ0) is 24.2. The van der Waals surface area contributed by atoms with Crippen molar-refractivity contribution < 1.29 is 0 Å². The fraction of sp³-hybridized carbons (Fsp3) is 0.429. The number of benzene rings is 2. The van der Waals surface area contributed by atoms with Gasteiger partial charge in [-0.05, 0) is 71.3 Å². The number of hydrogen-bond donors (Lipinski definition) is 1. The molecular weight excluding hydrogens is 436 g/mol. The molecule has 2 aromatic heterocycles. The van der Waals surface area contributed by atoms with Gasteiger partial charge in [0.25, 0.3) is 5.56 Å². The van der Waals surface area contributed by atoms with Gasteiger partial charge in [0.2, 0.25) is 0 Å². The van der Waals surface area contributed by atoms with Crippen molar-refractivity contribution in [1.29, 1.82) is 0 Å². The van der Waals surface area contributed by atoms with Gasteiger partial charge < -0.3 is 4.98 Å². The normalized spacial score (nSPS) is 14.7. The molecule has 0 spiro atoms. The number of pyridine rings is 1. The molecule has 1 fully saturated rings. The molecule has 182 valence electrons. The van der Waals surface area contributed by atoms with E-state index in [1.54, 1.807) is 0 Å². The number of rotatable bonds is 8. The molecule has 2 heterocycles. The van der Waals surface area contributed by atoms with Gasteiger partial charge in [-0.25, -0.2) is 4.68 Å². The summed E-state index contributed by atoms with van der Waals surface area (Å²) in [5, 5.41) is 13.8. The first-order valence-corrected chi connectivity index (χ1v) is 12.8. The van der Waals surface area contributed by atoms with Crippen molar-refractivity contribution >= 4 is 10.9 Å². The molecule has 2 aromatic carbocycles. The first-order chi connectivity index (χ1) is 17.1. The van der Waals surface area contributed by atoms with Crippen LogP contribution in [0, 0.1) is 6.92 Å². The average molecular weight is 471 g/mol. The fourth-order valence-electron chi connectivity index (χ4n) is 5.12. The number of hydrogen-bond acceptors (Lipinski definition) is 5. The molecule has 35 heavy (non-hydrogen) atoms. The van der Waals surface area contributed by atoms with E-state index in [-0.39, 0.29) is 5.56 Å². The van der Waals surface area contributed by atoms with Gasteiger partial charge in [0.15, 0.2) is 5.82 Å². The monoisotopic (exact) mass is 470 g/mol. The van der Waals surface area contributed by atoms with Crippen molar-refractivity contribution in [2.45, 2.75) is 78.0 Å². The Morgan fingerprint density at radius 3 is 2.51 bits per heavy atom. The number of fused-ring (bicyclic) bond motifs is 1. The van der Waals surface area contributed by atoms with Crippen LogP contribution in [0.5, 0.6) is 0 Å². The highest BCUT2D eigenvalue weighted by molar-refractivity contribution is 5.79. The maximum Gasteiger partial charge on any atom is 0.252 e. The van der Waals surface area contributed by atoms with Crippen LogP contribution >= 0.6 is 0 Å². The number of tetrazole rings is 1. The molecule has 1 N–H and O–H groups in total. The van der Waals surface area contributed by atoms with Gasteiger partial charge in [-0.15, -0.1) is 5.10 Å². The van der Waals surface area contributed by atoms with Crippen LogP contribution in [0.3, 0.4) is 0 Å². The van der Waals surface area contributed by atoms with Gasteiger partial charge in [-0.1, -0.05) is 62.1 Å². The first kappa shape index (κ1) is 23.4. The summed E-state index contributed by atoms with van der Waals surface area (Å²) in [6.07, 6.45) is 6.96. The second-order valence-corrected chi connectivity index (χ2v) is 9.86. The van der Waals surface area contributed by atoms with E-state index in [0.29, 0.717) is 25.7 Å². The fourth-order valence-corrected chi connectivity index (χ4v) is 5.12. The molecule has 0 unspecified atom stereocenters. The quantitative estimate of drug-likeness (QED) is 0.388. The highest BCUT2D eigenvalue weighted by Gasteiger charge is 2.22. The topological polar surface area (TPSA) is 79.7 Å². The summed E-state index contributed by atoms with van der Waals surface area (Å²) >= 11 is 0. The highest BCUT2D eigenvalue weighted by Crippen LogP contribution is 2.28. The van der Waals surface area contributed by atoms with Crippen molar-refractivity contribution in [3.63, 3.8) is 0 Å². The maximum atomic E-state index is 13.0. The molecule has 4 aromatic rings. The van der Waals surface area contributed by atoms with Crippen LogP contribution in [-0.4, -0.2) is 30.1 Å². The van der Waals surface area contributed by atoms with Crippen LogP contribution in [0.1, 0.15) is 73.1 Å². The summed E-state index contributed by atoms with van der Waals surface area (Å²) in [5.74, 6) is 0.870. The third-order valence-electron chi connectivity index (χ3n) is 7.16. The first-order valence-electron chi connectivity index (χ1n) is 12.8. The number of H-pyrrole nitrogens is 1. The summed E-state index contributed by atoms with van der Waals surface area (Å²) < 4.78 is 2.03. The third-order valence-corrected chi connectivity index (χ3v) is 7.16. The third kappa shape index (κ3) is 5.51. The largest absolute Gasteiger partial charge is 0.322 e. The molecule has 0 amide bonds. The number of nitrogens with zero attached hydrogens (tertiary/aromatic N) is 5. The Labute approximate surface area is 206 Å². The predicted octanol–water partition coefficient (Wildman–Crippen LogP) is 5.09. The Morgan fingerprint density at radius 2 is 1.74 bits per heavy atom. The second-order valence-electron chi connectivity index (χ2n) is 9.86. The zero-order valence-corrected chi connectivity index (χ0v) is 20.7. The standard InChI is InChI=1S/C28H34N6O/c1-3-21-13-14-26-23(15-21)16-24(28(35)29-26)18-33(17-22-11-9-20(2)10-12-22)19-27-30-31-32-34(27)25-7-5-4-6-8-25/h9-16,25H,3-8,17-19H2,1-2H3,(H,29,35). The minimum Gasteiger partial charge on any atom is -0.322 e. The number of aryl methyl sites for hydroxylation is 2. The van der Waals surface area contributed by atoms with E-state index < -0.39 is 0 Å². The van der Waals surface area contributed by atoms with Crippen LogP contribution in [0.2, 0.25) is 0 Å². The molecule has 1 aliphatic carbocycles. The van der Waals surface area contributed by atoms with Gasteiger partial charge in [0.1, 0.15) is 0 Å². The average Bonchev–Trinajstić information content (AvgIpc) is 3.34. The Kier molecular flexibility index (Phi) is 7.04. The number of aromatic nitrogens is 5. The van der Waals surface area contributed by atoms with Gasteiger partial charge in [0, 0.05) is 24.2 Å². The van der Waals surface area contributed by atoms with Crippen molar-refractivity contribution in [3.05, 3.63) is 87.0 Å². The summed E-state index contributed by atoms with van der Waals surface area (Å²) in [4.78, 5) is 18.4. The van der Waals surface area contributed by atoms with Crippen molar-refractivity contribution in [2.24, 2.45) is 0 Å². The summed E-state index contributed by atoms with van der Waals surface area (Å²) in [6.45, 7) is 6.06. The smallest absolute Gasteiger partial charge is 0.252 e. The van der Waals surface area contributed by atoms with Crippen LogP contribution < -0.4 is 5.56 Å². The summed E-state index contributed by atoms with van der Waals surface area (Å²) in [7, 11) is 0. The molecule has 0 aliphatic heterocycles.